The van der Waals surface area contributed by atoms with Crippen LogP contribution in [0.1, 0.15) is 18.2 Å². The SMILES string of the molecule is CCN1C(=O)N(c2c(F)c(O)cc(OC)c2F)Cc2cnc3[nH]c(CN4CCOCC4)cc3c21. The average molecular weight is 473 g/mol. The number of aromatic hydroxyl groups is 1. The summed E-state index contributed by atoms with van der Waals surface area (Å²) in [5, 5.41) is 10.7. The molecular weight excluding hydrogens is 448 g/mol. The fraction of sp³-hybridized carbons (Fsp3) is 0.391. The van der Waals surface area contributed by atoms with Crippen LogP contribution < -0.4 is 14.5 Å². The molecule has 2 aromatic heterocycles. The summed E-state index contributed by atoms with van der Waals surface area (Å²) in [7, 11) is 1.20. The van der Waals surface area contributed by atoms with Crippen molar-refractivity contribution in [3.63, 3.8) is 0 Å². The fourth-order valence-corrected chi connectivity index (χ4v) is 4.59. The largest absolute Gasteiger partial charge is 0.505 e. The third-order valence-electron chi connectivity index (χ3n) is 6.25. The highest BCUT2D eigenvalue weighted by Gasteiger charge is 2.37. The smallest absolute Gasteiger partial charge is 0.329 e. The Morgan fingerprint density at radius 2 is 1.97 bits per heavy atom. The van der Waals surface area contributed by atoms with Gasteiger partial charge in [-0.2, -0.15) is 0 Å². The van der Waals surface area contributed by atoms with Crippen LogP contribution in [0.2, 0.25) is 0 Å². The lowest BCUT2D eigenvalue weighted by atomic mass is 10.1. The number of amides is 2. The Labute approximate surface area is 194 Å². The van der Waals surface area contributed by atoms with E-state index in [9.17, 15) is 14.3 Å². The van der Waals surface area contributed by atoms with Crippen molar-refractivity contribution in [2.75, 3.05) is 49.8 Å². The maximum Gasteiger partial charge on any atom is 0.329 e. The van der Waals surface area contributed by atoms with E-state index in [2.05, 4.69) is 14.9 Å². The van der Waals surface area contributed by atoms with Gasteiger partial charge in [-0.3, -0.25) is 14.7 Å². The van der Waals surface area contributed by atoms with Crippen molar-refractivity contribution in [3.8, 4) is 11.5 Å². The molecule has 2 N–H and O–H groups in total. The zero-order chi connectivity index (χ0) is 24.0. The van der Waals surface area contributed by atoms with Crippen LogP contribution in [0.15, 0.2) is 18.3 Å². The van der Waals surface area contributed by atoms with Crippen molar-refractivity contribution in [2.45, 2.75) is 20.0 Å². The summed E-state index contributed by atoms with van der Waals surface area (Å²) in [5.41, 5.74) is 2.22. The fourth-order valence-electron chi connectivity index (χ4n) is 4.59. The first kappa shape index (κ1) is 22.4. The van der Waals surface area contributed by atoms with E-state index in [1.165, 1.54) is 12.0 Å². The van der Waals surface area contributed by atoms with Gasteiger partial charge in [-0.25, -0.2) is 18.6 Å². The quantitative estimate of drug-likeness (QED) is 0.590. The van der Waals surface area contributed by atoms with Crippen LogP contribution in [-0.2, 0) is 17.8 Å². The molecule has 11 heteroatoms. The molecule has 3 aromatic rings. The topological polar surface area (TPSA) is 94.2 Å². The average Bonchev–Trinajstić information content (AvgIpc) is 3.25. The number of pyridine rings is 1. The maximum atomic E-state index is 15.0. The molecule has 2 aliphatic rings. The highest BCUT2D eigenvalue weighted by molar-refractivity contribution is 6.11. The van der Waals surface area contributed by atoms with Crippen LogP contribution in [0, 0.1) is 11.6 Å². The number of anilines is 2. The van der Waals surface area contributed by atoms with Crippen LogP contribution in [0.4, 0.5) is 25.0 Å². The van der Waals surface area contributed by atoms with E-state index in [0.717, 1.165) is 35.1 Å². The van der Waals surface area contributed by atoms with Crippen LogP contribution in [-0.4, -0.2) is 66.0 Å². The van der Waals surface area contributed by atoms with Gasteiger partial charge in [0.25, 0.3) is 0 Å². The second kappa shape index (κ2) is 8.73. The summed E-state index contributed by atoms with van der Waals surface area (Å²) in [6.45, 7) is 5.68. The van der Waals surface area contributed by atoms with E-state index in [1.807, 2.05) is 6.07 Å². The summed E-state index contributed by atoms with van der Waals surface area (Å²) in [4.78, 5) is 26.0. The van der Waals surface area contributed by atoms with Crippen LogP contribution in [0.3, 0.4) is 0 Å². The van der Waals surface area contributed by atoms with E-state index in [4.69, 9.17) is 9.47 Å². The minimum Gasteiger partial charge on any atom is -0.505 e. The lowest BCUT2D eigenvalue weighted by molar-refractivity contribution is 0.0337. The second-order valence-electron chi connectivity index (χ2n) is 8.26. The highest BCUT2D eigenvalue weighted by atomic mass is 19.1. The van der Waals surface area contributed by atoms with Gasteiger partial charge in [-0.05, 0) is 13.0 Å². The molecule has 9 nitrogen and oxygen atoms in total. The van der Waals surface area contributed by atoms with Crippen molar-refractivity contribution >= 4 is 28.4 Å². The van der Waals surface area contributed by atoms with Crippen molar-refractivity contribution in [1.82, 2.24) is 14.9 Å². The van der Waals surface area contributed by atoms with Gasteiger partial charge in [-0.15, -0.1) is 0 Å². The summed E-state index contributed by atoms with van der Waals surface area (Å²) >= 11 is 0. The van der Waals surface area contributed by atoms with Crippen molar-refractivity contribution in [2.24, 2.45) is 0 Å². The molecule has 0 unspecified atom stereocenters. The number of carbonyl (C=O) groups excluding carboxylic acids is 1. The van der Waals surface area contributed by atoms with E-state index in [1.54, 1.807) is 13.1 Å². The van der Waals surface area contributed by atoms with Gasteiger partial charge in [0.1, 0.15) is 11.3 Å². The number of urea groups is 1. The predicted octanol–water partition coefficient (Wildman–Crippen LogP) is 3.35. The summed E-state index contributed by atoms with van der Waals surface area (Å²) < 4.78 is 40.2. The zero-order valence-electron chi connectivity index (χ0n) is 18.9. The van der Waals surface area contributed by atoms with Crippen molar-refractivity contribution < 1.29 is 28.2 Å². The lowest BCUT2D eigenvalue weighted by Crippen LogP contribution is -2.48. The lowest BCUT2D eigenvalue weighted by Gasteiger charge is -2.37. The Balaban J connectivity index is 1.56. The van der Waals surface area contributed by atoms with Crippen LogP contribution >= 0.6 is 0 Å². The predicted molar refractivity (Wildman–Crippen MR) is 121 cm³/mol. The number of phenolic OH excluding ortho intramolecular Hbond substituents is 1. The number of morpholine rings is 1. The number of carbonyl (C=O) groups is 1. The molecule has 0 atom stereocenters. The molecule has 34 heavy (non-hydrogen) atoms. The standard InChI is InChI=1S/C23H25F2N5O4/c1-3-29-20-13(10-26-22-15(20)8-14(27-22)12-28-4-6-34-7-5-28)11-30(23(29)32)21-18(24)16(31)9-17(33-2)19(21)25/h8-10,31H,3-7,11-12H2,1-2H3,(H,26,27). The Hall–Kier alpha value is -3.44. The van der Waals surface area contributed by atoms with Gasteiger partial charge in [0.05, 0.1) is 32.6 Å². The molecule has 5 rings (SSSR count). The highest BCUT2D eigenvalue weighted by Crippen LogP contribution is 2.42. The molecule has 0 radical (unpaired) electrons. The first-order chi connectivity index (χ1) is 16.4. The van der Waals surface area contributed by atoms with Crippen molar-refractivity contribution in [1.29, 1.82) is 0 Å². The number of ether oxygens (including phenoxy) is 2. The van der Waals surface area contributed by atoms with E-state index in [0.29, 0.717) is 36.7 Å². The molecule has 1 fully saturated rings. The number of hydrogen-bond acceptors (Lipinski definition) is 6. The van der Waals surface area contributed by atoms with Gasteiger partial charge in [0, 0.05) is 55.1 Å². The number of H-pyrrole nitrogens is 1. The number of methoxy groups -OCH3 is 1. The number of benzene rings is 1. The van der Waals surface area contributed by atoms with E-state index < -0.39 is 29.1 Å². The molecule has 180 valence electrons. The first-order valence-corrected chi connectivity index (χ1v) is 11.1. The number of nitrogens with one attached hydrogen (secondary N) is 1. The Bertz CT molecular complexity index is 1260. The number of hydrogen-bond donors (Lipinski definition) is 2. The summed E-state index contributed by atoms with van der Waals surface area (Å²) in [6, 6.07) is 2.21. The molecule has 0 aliphatic carbocycles. The summed E-state index contributed by atoms with van der Waals surface area (Å²) in [5.74, 6) is -3.45. The Morgan fingerprint density at radius 1 is 1.21 bits per heavy atom. The number of fused-ring (bicyclic) bond motifs is 3. The first-order valence-electron chi connectivity index (χ1n) is 11.1. The minimum atomic E-state index is -1.23. The third-order valence-corrected chi connectivity index (χ3v) is 6.25. The van der Waals surface area contributed by atoms with Crippen LogP contribution in [0.25, 0.3) is 11.0 Å². The molecule has 1 saturated heterocycles. The third kappa shape index (κ3) is 3.61. The second-order valence-corrected chi connectivity index (χ2v) is 8.26. The normalized spacial score (nSPS) is 16.9. The molecular formula is C23H25F2N5O4. The number of halogens is 2. The number of aromatic amines is 1. The van der Waals surface area contributed by atoms with Gasteiger partial charge >= 0.3 is 6.03 Å². The maximum absolute atomic E-state index is 15.0. The zero-order valence-corrected chi connectivity index (χ0v) is 18.9. The minimum absolute atomic E-state index is 0.113. The van der Waals surface area contributed by atoms with Gasteiger partial charge in [-0.1, -0.05) is 0 Å². The molecule has 0 spiro atoms. The van der Waals surface area contributed by atoms with Crippen LogP contribution in [0.5, 0.6) is 11.5 Å². The molecule has 2 amide bonds. The van der Waals surface area contributed by atoms with Gasteiger partial charge in [0.15, 0.2) is 23.1 Å². The molecule has 0 bridgehead atoms. The van der Waals surface area contributed by atoms with E-state index in [-0.39, 0.29) is 18.8 Å². The van der Waals surface area contributed by atoms with E-state index >= 15 is 4.39 Å². The number of rotatable bonds is 5. The number of nitrogens with zero attached hydrogens (tertiary/aromatic N) is 4. The Morgan fingerprint density at radius 3 is 2.68 bits per heavy atom. The molecule has 2 aliphatic heterocycles. The monoisotopic (exact) mass is 473 g/mol. The van der Waals surface area contributed by atoms with Gasteiger partial charge in [0.2, 0.25) is 0 Å². The summed E-state index contributed by atoms with van der Waals surface area (Å²) in [6.07, 6.45) is 1.60. The molecule has 0 saturated carbocycles. The molecule has 4 heterocycles. The van der Waals surface area contributed by atoms with Crippen molar-refractivity contribution in [3.05, 3.63) is 41.2 Å². The Kier molecular flexibility index (Phi) is 5.74. The number of phenols is 1. The number of aromatic nitrogens is 2. The van der Waals surface area contributed by atoms with Gasteiger partial charge < -0.3 is 19.6 Å². The molecule has 1 aromatic carbocycles.